The monoisotopic (exact) mass is 319 g/mol. The van der Waals surface area contributed by atoms with Crippen molar-refractivity contribution >= 4 is 11.0 Å². The van der Waals surface area contributed by atoms with Crippen LogP contribution in [0.1, 0.15) is 35.6 Å². The number of hydrogen-bond donors (Lipinski definition) is 2. The third kappa shape index (κ3) is 2.34. The molecule has 4 heteroatoms. The number of fused-ring (bicyclic) bond motifs is 2. The van der Waals surface area contributed by atoms with Crippen molar-refractivity contribution in [1.82, 2.24) is 15.3 Å². The molecule has 2 N–H and O–H groups in total. The van der Waals surface area contributed by atoms with Gasteiger partial charge in [-0.3, -0.25) is 0 Å². The highest BCUT2D eigenvalue weighted by atomic mass is 16.5. The lowest BCUT2D eigenvalue weighted by molar-refractivity contribution is 0.109. The molecule has 2 aliphatic heterocycles. The Balaban J connectivity index is 1.66. The van der Waals surface area contributed by atoms with Gasteiger partial charge in [-0.2, -0.15) is 0 Å². The van der Waals surface area contributed by atoms with E-state index < -0.39 is 0 Å². The van der Waals surface area contributed by atoms with E-state index in [1.807, 2.05) is 12.4 Å². The predicted octanol–water partition coefficient (Wildman–Crippen LogP) is 3.73. The Morgan fingerprint density at radius 1 is 1.17 bits per heavy atom. The maximum atomic E-state index is 5.74. The summed E-state index contributed by atoms with van der Waals surface area (Å²) in [6.07, 6.45) is 7.39. The van der Waals surface area contributed by atoms with Crippen molar-refractivity contribution in [3.05, 3.63) is 53.3 Å². The Labute approximate surface area is 141 Å². The van der Waals surface area contributed by atoms with Crippen LogP contribution in [0.5, 0.6) is 0 Å². The Morgan fingerprint density at radius 2 is 2.17 bits per heavy atom. The molecule has 1 aromatic carbocycles. The summed E-state index contributed by atoms with van der Waals surface area (Å²) in [5.41, 5.74) is 7.68. The van der Waals surface area contributed by atoms with Gasteiger partial charge in [0.25, 0.3) is 0 Å². The molecule has 0 bridgehead atoms. The molecule has 0 aliphatic carbocycles. The molecule has 122 valence electrons. The van der Waals surface area contributed by atoms with Gasteiger partial charge in [-0.05, 0) is 66.3 Å². The number of nitrogens with zero attached hydrogens (tertiary/aromatic N) is 1. The van der Waals surface area contributed by atoms with E-state index in [1.165, 1.54) is 40.7 Å². The number of aromatic nitrogens is 2. The van der Waals surface area contributed by atoms with Crippen molar-refractivity contribution in [3.8, 4) is 11.1 Å². The number of hydrogen-bond acceptors (Lipinski definition) is 3. The number of benzene rings is 1. The number of pyridine rings is 1. The summed E-state index contributed by atoms with van der Waals surface area (Å²) in [5.74, 6) is 0. The predicted molar refractivity (Wildman–Crippen MR) is 94.9 cm³/mol. The van der Waals surface area contributed by atoms with Crippen LogP contribution in [-0.4, -0.2) is 23.1 Å². The zero-order valence-electron chi connectivity index (χ0n) is 13.6. The second-order valence-corrected chi connectivity index (χ2v) is 6.79. The van der Waals surface area contributed by atoms with Gasteiger partial charge in [0, 0.05) is 29.4 Å². The summed E-state index contributed by atoms with van der Waals surface area (Å²) in [6, 6.07) is 9.46. The lowest BCUT2D eigenvalue weighted by Crippen LogP contribution is -2.19. The van der Waals surface area contributed by atoms with Crippen molar-refractivity contribution in [1.29, 1.82) is 0 Å². The van der Waals surface area contributed by atoms with Crippen LogP contribution in [0.3, 0.4) is 0 Å². The average molecular weight is 319 g/mol. The van der Waals surface area contributed by atoms with Crippen molar-refractivity contribution < 1.29 is 4.74 Å². The molecule has 0 radical (unpaired) electrons. The molecule has 0 saturated carbocycles. The lowest BCUT2D eigenvalue weighted by Gasteiger charge is -2.24. The third-order valence-corrected chi connectivity index (χ3v) is 5.31. The minimum atomic E-state index is 0.462. The molecular formula is C20H21N3O. The molecule has 0 spiro atoms. The molecule has 24 heavy (non-hydrogen) atoms. The second kappa shape index (κ2) is 5.72. The number of H-pyrrole nitrogens is 1. The molecule has 4 nitrogen and oxygen atoms in total. The molecule has 1 atom stereocenters. The van der Waals surface area contributed by atoms with Gasteiger partial charge in [-0.15, -0.1) is 0 Å². The first kappa shape index (κ1) is 14.2. The van der Waals surface area contributed by atoms with Gasteiger partial charge in [0.1, 0.15) is 5.65 Å². The lowest BCUT2D eigenvalue weighted by atomic mass is 9.89. The van der Waals surface area contributed by atoms with Crippen LogP contribution in [0.2, 0.25) is 0 Å². The first-order valence-corrected chi connectivity index (χ1v) is 8.79. The average Bonchev–Trinajstić information content (AvgIpc) is 3.31. The minimum absolute atomic E-state index is 0.462. The van der Waals surface area contributed by atoms with E-state index in [9.17, 15) is 0 Å². The van der Waals surface area contributed by atoms with Crippen molar-refractivity contribution in [2.45, 2.75) is 31.9 Å². The van der Waals surface area contributed by atoms with Crippen LogP contribution in [0.25, 0.3) is 22.2 Å². The molecule has 4 heterocycles. The number of aromatic amines is 1. The SMILES string of the molecule is c1cc2cc(-c3cc4c(c([C@@H]5CCCN5)c3)COCC4)cnc2[nH]1. The van der Waals surface area contributed by atoms with Crippen LogP contribution < -0.4 is 5.32 Å². The second-order valence-electron chi connectivity index (χ2n) is 6.79. The normalized spacial score (nSPS) is 20.4. The number of rotatable bonds is 2. The van der Waals surface area contributed by atoms with Gasteiger partial charge < -0.3 is 15.0 Å². The van der Waals surface area contributed by atoms with Gasteiger partial charge in [0.05, 0.1) is 13.2 Å². The molecule has 2 aliphatic rings. The Hall–Kier alpha value is -2.17. The summed E-state index contributed by atoms with van der Waals surface area (Å²) < 4.78 is 5.74. The number of nitrogens with one attached hydrogen (secondary N) is 2. The molecular weight excluding hydrogens is 298 g/mol. The summed E-state index contributed by atoms with van der Waals surface area (Å²) in [6.45, 7) is 2.68. The fraction of sp³-hybridized carbons (Fsp3) is 0.350. The van der Waals surface area contributed by atoms with E-state index in [0.717, 1.165) is 37.2 Å². The van der Waals surface area contributed by atoms with Crippen molar-refractivity contribution in [3.63, 3.8) is 0 Å². The van der Waals surface area contributed by atoms with Crippen molar-refractivity contribution in [2.24, 2.45) is 0 Å². The summed E-state index contributed by atoms with van der Waals surface area (Å²) in [4.78, 5) is 7.73. The molecule has 1 fully saturated rings. The summed E-state index contributed by atoms with van der Waals surface area (Å²) in [7, 11) is 0. The van der Waals surface area contributed by atoms with E-state index in [1.54, 1.807) is 0 Å². The van der Waals surface area contributed by atoms with Crippen LogP contribution in [0.4, 0.5) is 0 Å². The van der Waals surface area contributed by atoms with Crippen LogP contribution >= 0.6 is 0 Å². The van der Waals surface area contributed by atoms with Crippen LogP contribution in [0, 0.1) is 0 Å². The van der Waals surface area contributed by atoms with Crippen molar-refractivity contribution in [2.75, 3.05) is 13.2 Å². The number of ether oxygens (including phenoxy) is 1. The fourth-order valence-corrected chi connectivity index (χ4v) is 4.04. The zero-order chi connectivity index (χ0) is 15.9. The standard InChI is InChI=1S/C20H21N3O/c1-2-19(21-5-1)17-10-15(8-13-4-7-24-12-18(13)17)16-9-14-3-6-22-20(14)23-11-16/h3,6,8-11,19,21H,1-2,4-5,7,12H2,(H,22,23)/t19-/m0/s1. The molecule has 0 amide bonds. The Morgan fingerprint density at radius 3 is 3.08 bits per heavy atom. The van der Waals surface area contributed by atoms with Crippen LogP contribution in [0.15, 0.2) is 36.7 Å². The Kier molecular flexibility index (Phi) is 3.39. The highest BCUT2D eigenvalue weighted by Crippen LogP contribution is 2.35. The van der Waals surface area contributed by atoms with Gasteiger partial charge >= 0.3 is 0 Å². The largest absolute Gasteiger partial charge is 0.376 e. The van der Waals surface area contributed by atoms with Gasteiger partial charge in [0.2, 0.25) is 0 Å². The summed E-state index contributed by atoms with van der Waals surface area (Å²) in [5, 5.41) is 4.81. The quantitative estimate of drug-likeness (QED) is 0.757. The molecule has 2 aromatic heterocycles. The van der Waals surface area contributed by atoms with E-state index in [2.05, 4.69) is 39.6 Å². The maximum absolute atomic E-state index is 5.74. The maximum Gasteiger partial charge on any atom is 0.137 e. The van der Waals surface area contributed by atoms with Gasteiger partial charge in [0.15, 0.2) is 0 Å². The van der Waals surface area contributed by atoms with Gasteiger partial charge in [-0.1, -0.05) is 6.07 Å². The van der Waals surface area contributed by atoms with E-state index in [0.29, 0.717) is 6.04 Å². The third-order valence-electron chi connectivity index (χ3n) is 5.31. The molecule has 1 saturated heterocycles. The van der Waals surface area contributed by atoms with E-state index in [-0.39, 0.29) is 0 Å². The highest BCUT2D eigenvalue weighted by Gasteiger charge is 2.24. The fourth-order valence-electron chi connectivity index (χ4n) is 4.04. The van der Waals surface area contributed by atoms with E-state index in [4.69, 9.17) is 4.74 Å². The smallest absolute Gasteiger partial charge is 0.137 e. The minimum Gasteiger partial charge on any atom is -0.376 e. The Bertz CT molecular complexity index is 893. The van der Waals surface area contributed by atoms with E-state index >= 15 is 0 Å². The highest BCUT2D eigenvalue weighted by molar-refractivity contribution is 5.81. The summed E-state index contributed by atoms with van der Waals surface area (Å²) >= 11 is 0. The first-order valence-electron chi connectivity index (χ1n) is 8.79. The van der Waals surface area contributed by atoms with Gasteiger partial charge in [-0.25, -0.2) is 4.98 Å². The van der Waals surface area contributed by atoms with Crippen LogP contribution in [-0.2, 0) is 17.8 Å². The topological polar surface area (TPSA) is 49.9 Å². The molecule has 5 rings (SSSR count). The molecule has 3 aromatic rings. The molecule has 0 unspecified atom stereocenters. The zero-order valence-corrected chi connectivity index (χ0v) is 13.6. The first-order chi connectivity index (χ1) is 11.9.